The molecule has 0 aromatic rings. The van der Waals surface area contributed by atoms with Crippen molar-refractivity contribution in [2.75, 3.05) is 6.54 Å². The highest BCUT2D eigenvalue weighted by atomic mass is 16.4. The minimum absolute atomic E-state index is 0.148. The Morgan fingerprint density at radius 1 is 1.11 bits per heavy atom. The molecule has 0 spiro atoms. The van der Waals surface area contributed by atoms with Gasteiger partial charge in [-0.05, 0) is 38.0 Å². The Labute approximate surface area is 166 Å². The molecule has 0 aromatic heterocycles. The van der Waals surface area contributed by atoms with Gasteiger partial charge in [0.25, 0.3) is 0 Å². The molecule has 1 saturated heterocycles. The van der Waals surface area contributed by atoms with Gasteiger partial charge in [0.05, 0.1) is 6.04 Å². The number of rotatable bonds is 9. The first-order chi connectivity index (χ1) is 13.0. The summed E-state index contributed by atoms with van der Waals surface area (Å²) in [6.45, 7) is 9.21. The number of carbonyl (C=O) groups is 4. The number of likely N-dealkylation sites (tertiary alicyclic amines) is 1. The lowest BCUT2D eigenvalue weighted by atomic mass is 10.0. The number of nitrogens with one attached hydrogen (secondary N) is 2. The highest BCUT2D eigenvalue weighted by Crippen LogP contribution is 2.21. The molecular weight excluding hydrogens is 364 g/mol. The van der Waals surface area contributed by atoms with Crippen LogP contribution in [0.3, 0.4) is 0 Å². The highest BCUT2D eigenvalue weighted by molar-refractivity contribution is 5.94. The summed E-state index contributed by atoms with van der Waals surface area (Å²) in [5.74, 6) is -2.49. The van der Waals surface area contributed by atoms with E-state index in [0.717, 1.165) is 0 Å². The number of amides is 3. The molecule has 5 N–H and O–H groups in total. The Balaban J connectivity index is 2.94. The molecule has 1 heterocycles. The summed E-state index contributed by atoms with van der Waals surface area (Å²) in [7, 11) is 0. The Hall–Kier alpha value is -2.16. The van der Waals surface area contributed by atoms with Crippen molar-refractivity contribution in [3.05, 3.63) is 0 Å². The van der Waals surface area contributed by atoms with Gasteiger partial charge in [-0.1, -0.05) is 27.7 Å². The van der Waals surface area contributed by atoms with E-state index in [2.05, 4.69) is 10.6 Å². The molecular formula is C19H34N4O5. The Kier molecular flexibility index (Phi) is 8.87. The van der Waals surface area contributed by atoms with Crippen LogP contribution in [0, 0.1) is 11.8 Å². The zero-order chi connectivity index (χ0) is 21.6. The van der Waals surface area contributed by atoms with Crippen LogP contribution in [0.15, 0.2) is 0 Å². The predicted octanol–water partition coefficient (Wildman–Crippen LogP) is 0.0809. The van der Waals surface area contributed by atoms with Crippen molar-refractivity contribution in [2.45, 2.75) is 78.0 Å². The minimum Gasteiger partial charge on any atom is -0.480 e. The molecule has 3 amide bonds. The van der Waals surface area contributed by atoms with Gasteiger partial charge in [0.2, 0.25) is 17.7 Å². The molecule has 0 radical (unpaired) electrons. The minimum atomic E-state index is -1.11. The van der Waals surface area contributed by atoms with E-state index in [0.29, 0.717) is 25.8 Å². The first-order valence-corrected chi connectivity index (χ1v) is 9.85. The van der Waals surface area contributed by atoms with Crippen molar-refractivity contribution >= 4 is 23.7 Å². The standard InChI is InChI=1S/C19H34N4O5/c1-10(2)9-13(21-16(24)12(5)20)18(26)23-8-6-7-14(23)17(25)22-15(11(3)4)19(27)28/h10-15H,6-9,20H2,1-5H3,(H,21,24)(H,22,25)(H,27,28). The fourth-order valence-electron chi connectivity index (χ4n) is 3.26. The van der Waals surface area contributed by atoms with Gasteiger partial charge in [-0.3, -0.25) is 14.4 Å². The van der Waals surface area contributed by atoms with Crippen LogP contribution in [0.25, 0.3) is 0 Å². The van der Waals surface area contributed by atoms with Crippen LogP contribution in [0.5, 0.6) is 0 Å². The molecule has 1 aliphatic heterocycles. The van der Waals surface area contributed by atoms with E-state index >= 15 is 0 Å². The number of hydrogen-bond acceptors (Lipinski definition) is 5. The monoisotopic (exact) mass is 398 g/mol. The number of hydrogen-bond donors (Lipinski definition) is 4. The van der Waals surface area contributed by atoms with Crippen LogP contribution in [0.2, 0.25) is 0 Å². The molecule has 1 aliphatic rings. The maximum Gasteiger partial charge on any atom is 0.326 e. The molecule has 28 heavy (non-hydrogen) atoms. The molecule has 4 unspecified atom stereocenters. The summed E-state index contributed by atoms with van der Waals surface area (Å²) in [5, 5.41) is 14.5. The Bertz CT molecular complexity index is 591. The number of nitrogens with two attached hydrogens (primary N) is 1. The molecule has 9 nitrogen and oxygen atoms in total. The van der Waals surface area contributed by atoms with Crippen LogP contribution < -0.4 is 16.4 Å². The number of aliphatic carboxylic acids is 1. The summed E-state index contributed by atoms with van der Waals surface area (Å²) >= 11 is 0. The zero-order valence-corrected chi connectivity index (χ0v) is 17.4. The molecule has 4 atom stereocenters. The number of carboxylic acids is 1. The summed E-state index contributed by atoms with van der Waals surface area (Å²) in [5.41, 5.74) is 5.60. The van der Waals surface area contributed by atoms with Crippen LogP contribution in [0.1, 0.15) is 53.9 Å². The summed E-state index contributed by atoms with van der Waals surface area (Å²) in [4.78, 5) is 50.6. The van der Waals surface area contributed by atoms with Crippen molar-refractivity contribution in [2.24, 2.45) is 17.6 Å². The summed E-state index contributed by atoms with van der Waals surface area (Å²) in [6, 6.07) is -3.28. The molecule has 0 bridgehead atoms. The largest absolute Gasteiger partial charge is 0.480 e. The lowest BCUT2D eigenvalue weighted by molar-refractivity contribution is -0.146. The fourth-order valence-corrected chi connectivity index (χ4v) is 3.26. The third kappa shape index (κ3) is 6.47. The van der Waals surface area contributed by atoms with E-state index in [1.807, 2.05) is 13.8 Å². The van der Waals surface area contributed by atoms with Crippen LogP contribution in [-0.2, 0) is 19.2 Å². The zero-order valence-electron chi connectivity index (χ0n) is 17.4. The van der Waals surface area contributed by atoms with Crippen LogP contribution in [-0.4, -0.2) is 64.4 Å². The van der Waals surface area contributed by atoms with Gasteiger partial charge in [-0.15, -0.1) is 0 Å². The molecule has 0 aromatic carbocycles. The third-order valence-electron chi connectivity index (χ3n) is 4.80. The van der Waals surface area contributed by atoms with Gasteiger partial charge < -0.3 is 26.4 Å². The molecule has 160 valence electrons. The average molecular weight is 399 g/mol. The maximum atomic E-state index is 13.1. The van der Waals surface area contributed by atoms with Gasteiger partial charge in [0.15, 0.2) is 0 Å². The van der Waals surface area contributed by atoms with Crippen molar-refractivity contribution in [3.63, 3.8) is 0 Å². The van der Waals surface area contributed by atoms with E-state index in [4.69, 9.17) is 5.73 Å². The van der Waals surface area contributed by atoms with Gasteiger partial charge in [0, 0.05) is 6.54 Å². The Morgan fingerprint density at radius 2 is 1.71 bits per heavy atom. The van der Waals surface area contributed by atoms with Crippen molar-refractivity contribution in [3.8, 4) is 0 Å². The topological polar surface area (TPSA) is 142 Å². The van der Waals surface area contributed by atoms with Crippen molar-refractivity contribution in [1.29, 1.82) is 0 Å². The summed E-state index contributed by atoms with van der Waals surface area (Å²) < 4.78 is 0. The quantitative estimate of drug-likeness (QED) is 0.433. The Morgan fingerprint density at radius 3 is 2.18 bits per heavy atom. The number of carbonyl (C=O) groups excluding carboxylic acids is 3. The SMILES string of the molecule is CC(C)CC(NC(=O)C(C)N)C(=O)N1CCCC1C(=O)NC(C(=O)O)C(C)C. The normalized spacial score (nSPS) is 20.0. The second-order valence-corrected chi connectivity index (χ2v) is 8.24. The summed E-state index contributed by atoms with van der Waals surface area (Å²) in [6.07, 6.45) is 1.52. The van der Waals surface area contributed by atoms with Gasteiger partial charge in [-0.25, -0.2) is 4.79 Å². The third-order valence-corrected chi connectivity index (χ3v) is 4.80. The first-order valence-electron chi connectivity index (χ1n) is 9.85. The van der Waals surface area contributed by atoms with Crippen LogP contribution in [0.4, 0.5) is 0 Å². The lowest BCUT2D eigenvalue weighted by Gasteiger charge is -2.30. The van der Waals surface area contributed by atoms with E-state index in [-0.39, 0.29) is 17.7 Å². The van der Waals surface area contributed by atoms with E-state index < -0.39 is 42.0 Å². The van der Waals surface area contributed by atoms with E-state index in [1.165, 1.54) is 11.8 Å². The molecule has 1 rings (SSSR count). The average Bonchev–Trinajstić information content (AvgIpc) is 3.06. The fraction of sp³-hybridized carbons (Fsp3) is 0.789. The maximum absolute atomic E-state index is 13.1. The van der Waals surface area contributed by atoms with Crippen LogP contribution >= 0.6 is 0 Å². The highest BCUT2D eigenvalue weighted by Gasteiger charge is 2.39. The van der Waals surface area contributed by atoms with Gasteiger partial charge in [-0.2, -0.15) is 0 Å². The predicted molar refractivity (Wildman–Crippen MR) is 104 cm³/mol. The molecule has 9 heteroatoms. The van der Waals surface area contributed by atoms with E-state index in [1.54, 1.807) is 13.8 Å². The molecule has 1 fully saturated rings. The lowest BCUT2D eigenvalue weighted by Crippen LogP contribution is -2.57. The second kappa shape index (κ2) is 10.4. The number of nitrogens with zero attached hydrogens (tertiary/aromatic N) is 1. The first kappa shape index (κ1) is 23.9. The molecule has 0 aliphatic carbocycles. The van der Waals surface area contributed by atoms with E-state index in [9.17, 15) is 24.3 Å². The second-order valence-electron chi connectivity index (χ2n) is 8.24. The van der Waals surface area contributed by atoms with Crippen molar-refractivity contribution in [1.82, 2.24) is 15.5 Å². The smallest absolute Gasteiger partial charge is 0.326 e. The van der Waals surface area contributed by atoms with Gasteiger partial charge >= 0.3 is 5.97 Å². The molecule has 0 saturated carbocycles. The van der Waals surface area contributed by atoms with Gasteiger partial charge in [0.1, 0.15) is 18.1 Å². The van der Waals surface area contributed by atoms with Crippen molar-refractivity contribution < 1.29 is 24.3 Å². The number of carboxylic acid groups (broad SMARTS) is 1.